The first kappa shape index (κ1) is 24.8. The van der Waals surface area contributed by atoms with Crippen LogP contribution in [0.25, 0.3) is 0 Å². The van der Waals surface area contributed by atoms with Crippen LogP contribution >= 0.6 is 0 Å². The second-order valence-electron chi connectivity index (χ2n) is 7.54. The Bertz CT molecular complexity index is 1280. The Morgan fingerprint density at radius 1 is 0.912 bits per heavy atom. The Labute approximate surface area is 198 Å². The summed E-state index contributed by atoms with van der Waals surface area (Å²) in [5, 5.41) is 2.66. The molecule has 0 heterocycles. The number of nitrogens with one attached hydrogen (secondary N) is 1. The van der Waals surface area contributed by atoms with Gasteiger partial charge in [-0.15, -0.1) is 0 Å². The third kappa shape index (κ3) is 6.58. The van der Waals surface area contributed by atoms with Crippen molar-refractivity contribution in [3.63, 3.8) is 0 Å². The highest BCUT2D eigenvalue weighted by atomic mass is 32.2. The van der Waals surface area contributed by atoms with Crippen molar-refractivity contribution in [2.45, 2.75) is 25.3 Å². The summed E-state index contributed by atoms with van der Waals surface area (Å²) in [6.07, 6.45) is 0. The van der Waals surface area contributed by atoms with E-state index in [0.717, 1.165) is 11.1 Å². The van der Waals surface area contributed by atoms with E-state index < -0.39 is 28.6 Å². The molecular weight excluding hydrogens is 458 g/mol. The van der Waals surface area contributed by atoms with E-state index in [1.165, 1.54) is 30.3 Å². The standard InChI is InChI=1S/C25H25NO7S/c1-17-7-8-18(2)23(13-17)34(29,30)33-21-11-9-20(10-12-21)25(28)32-16-24(27)26-15-19-5-4-6-22(14-19)31-3/h4-14H,15-16H2,1-3H3,(H,26,27). The summed E-state index contributed by atoms with van der Waals surface area (Å²) in [4.78, 5) is 24.3. The van der Waals surface area contributed by atoms with E-state index in [0.29, 0.717) is 11.3 Å². The van der Waals surface area contributed by atoms with Crippen LogP contribution in [0.4, 0.5) is 0 Å². The van der Waals surface area contributed by atoms with Crippen LogP contribution in [0.1, 0.15) is 27.0 Å². The first-order valence-electron chi connectivity index (χ1n) is 10.4. The summed E-state index contributed by atoms with van der Waals surface area (Å²) in [5.74, 6) is -0.461. The van der Waals surface area contributed by atoms with Gasteiger partial charge in [0.1, 0.15) is 16.4 Å². The van der Waals surface area contributed by atoms with Gasteiger partial charge in [-0.3, -0.25) is 4.79 Å². The molecule has 0 atom stereocenters. The first-order valence-corrected chi connectivity index (χ1v) is 11.8. The molecule has 0 aliphatic rings. The van der Waals surface area contributed by atoms with Gasteiger partial charge in [0.2, 0.25) is 0 Å². The fraction of sp³-hybridized carbons (Fsp3) is 0.200. The zero-order valence-electron chi connectivity index (χ0n) is 19.0. The van der Waals surface area contributed by atoms with Crippen LogP contribution in [0.5, 0.6) is 11.5 Å². The molecule has 0 saturated heterocycles. The molecule has 0 bridgehead atoms. The molecule has 34 heavy (non-hydrogen) atoms. The van der Waals surface area contributed by atoms with Gasteiger partial charge in [-0.2, -0.15) is 8.42 Å². The molecule has 8 nitrogen and oxygen atoms in total. The number of aryl methyl sites for hydroxylation is 2. The van der Waals surface area contributed by atoms with Gasteiger partial charge in [0.05, 0.1) is 12.7 Å². The molecule has 0 aromatic heterocycles. The van der Waals surface area contributed by atoms with Crippen molar-refractivity contribution in [1.29, 1.82) is 0 Å². The maximum absolute atomic E-state index is 12.6. The molecule has 0 fully saturated rings. The maximum Gasteiger partial charge on any atom is 0.339 e. The summed E-state index contributed by atoms with van der Waals surface area (Å²) in [6, 6.07) is 17.7. The Morgan fingerprint density at radius 3 is 2.35 bits per heavy atom. The minimum absolute atomic E-state index is 0.0495. The van der Waals surface area contributed by atoms with Gasteiger partial charge >= 0.3 is 16.1 Å². The van der Waals surface area contributed by atoms with Crippen molar-refractivity contribution >= 4 is 22.0 Å². The summed E-state index contributed by atoms with van der Waals surface area (Å²) in [7, 11) is -2.48. The third-order valence-electron chi connectivity index (χ3n) is 4.87. The van der Waals surface area contributed by atoms with Crippen molar-refractivity contribution in [2.24, 2.45) is 0 Å². The number of ether oxygens (including phenoxy) is 2. The normalized spacial score (nSPS) is 10.9. The predicted molar refractivity (Wildman–Crippen MR) is 125 cm³/mol. The Kier molecular flexibility index (Phi) is 7.91. The highest BCUT2D eigenvalue weighted by molar-refractivity contribution is 7.87. The lowest BCUT2D eigenvalue weighted by molar-refractivity contribution is -0.124. The molecule has 0 aliphatic carbocycles. The number of amides is 1. The lowest BCUT2D eigenvalue weighted by atomic mass is 10.2. The average Bonchev–Trinajstić information content (AvgIpc) is 2.83. The summed E-state index contributed by atoms with van der Waals surface area (Å²) < 4.78 is 40.6. The Morgan fingerprint density at radius 2 is 1.65 bits per heavy atom. The van der Waals surface area contributed by atoms with Crippen LogP contribution in [0.3, 0.4) is 0 Å². The maximum atomic E-state index is 12.6. The molecule has 0 radical (unpaired) electrons. The summed E-state index contributed by atoms with van der Waals surface area (Å²) in [5.41, 5.74) is 2.34. The van der Waals surface area contributed by atoms with Crippen molar-refractivity contribution in [3.8, 4) is 11.5 Å². The van der Waals surface area contributed by atoms with Crippen molar-refractivity contribution < 1.29 is 31.7 Å². The van der Waals surface area contributed by atoms with E-state index in [1.54, 1.807) is 45.2 Å². The van der Waals surface area contributed by atoms with Crippen LogP contribution in [-0.2, 0) is 26.2 Å². The molecule has 178 valence electrons. The number of esters is 1. The molecule has 0 spiro atoms. The molecular formula is C25H25NO7S. The number of carbonyl (C=O) groups is 2. The molecule has 3 aromatic rings. The van der Waals surface area contributed by atoms with Crippen LogP contribution < -0.4 is 14.2 Å². The van der Waals surface area contributed by atoms with Crippen molar-refractivity contribution in [2.75, 3.05) is 13.7 Å². The molecule has 0 saturated carbocycles. The van der Waals surface area contributed by atoms with Gasteiger partial charge in [-0.25, -0.2) is 4.79 Å². The number of benzene rings is 3. The van der Waals surface area contributed by atoms with Gasteiger partial charge in [0.25, 0.3) is 5.91 Å². The average molecular weight is 484 g/mol. The molecule has 1 N–H and O–H groups in total. The predicted octanol–water partition coefficient (Wildman–Crippen LogP) is 3.55. The van der Waals surface area contributed by atoms with Crippen LogP contribution in [-0.4, -0.2) is 34.0 Å². The van der Waals surface area contributed by atoms with Gasteiger partial charge in [0.15, 0.2) is 6.61 Å². The number of methoxy groups -OCH3 is 1. The quantitative estimate of drug-likeness (QED) is 0.366. The van der Waals surface area contributed by atoms with Crippen LogP contribution in [0.2, 0.25) is 0 Å². The van der Waals surface area contributed by atoms with Crippen molar-refractivity contribution in [3.05, 3.63) is 89.0 Å². The minimum atomic E-state index is -4.03. The lowest BCUT2D eigenvalue weighted by Crippen LogP contribution is -2.28. The largest absolute Gasteiger partial charge is 0.497 e. The van der Waals surface area contributed by atoms with E-state index in [-0.39, 0.29) is 22.8 Å². The van der Waals surface area contributed by atoms with E-state index in [9.17, 15) is 18.0 Å². The molecule has 0 aliphatic heterocycles. The van der Waals surface area contributed by atoms with Crippen molar-refractivity contribution in [1.82, 2.24) is 5.32 Å². The third-order valence-corrected chi connectivity index (χ3v) is 6.26. The fourth-order valence-corrected chi connectivity index (χ4v) is 4.29. The number of hydrogen-bond donors (Lipinski definition) is 1. The molecule has 0 unspecified atom stereocenters. The van der Waals surface area contributed by atoms with E-state index in [4.69, 9.17) is 13.7 Å². The second-order valence-corrected chi connectivity index (χ2v) is 9.05. The monoisotopic (exact) mass is 483 g/mol. The van der Waals surface area contributed by atoms with E-state index in [1.807, 2.05) is 12.1 Å². The molecule has 3 rings (SSSR count). The molecule has 9 heteroatoms. The summed E-state index contributed by atoms with van der Waals surface area (Å²) >= 11 is 0. The van der Waals surface area contributed by atoms with Gasteiger partial charge in [-0.05, 0) is 73.0 Å². The lowest BCUT2D eigenvalue weighted by Gasteiger charge is -2.11. The Hall–Kier alpha value is -3.85. The van der Waals surface area contributed by atoms with Gasteiger partial charge < -0.3 is 19.0 Å². The second kappa shape index (κ2) is 10.8. The smallest absolute Gasteiger partial charge is 0.339 e. The van der Waals surface area contributed by atoms with Gasteiger partial charge in [-0.1, -0.05) is 24.3 Å². The zero-order valence-corrected chi connectivity index (χ0v) is 19.8. The SMILES string of the molecule is COc1cccc(CNC(=O)COC(=O)c2ccc(OS(=O)(=O)c3cc(C)ccc3C)cc2)c1. The van der Waals surface area contributed by atoms with Crippen LogP contribution in [0.15, 0.2) is 71.6 Å². The Balaban J connectivity index is 1.53. The van der Waals surface area contributed by atoms with E-state index in [2.05, 4.69) is 5.32 Å². The van der Waals surface area contributed by atoms with Crippen LogP contribution in [0, 0.1) is 13.8 Å². The minimum Gasteiger partial charge on any atom is -0.497 e. The number of rotatable bonds is 9. The fourth-order valence-electron chi connectivity index (χ4n) is 3.04. The van der Waals surface area contributed by atoms with E-state index >= 15 is 0 Å². The topological polar surface area (TPSA) is 108 Å². The first-order chi connectivity index (χ1) is 16.2. The highest BCUT2D eigenvalue weighted by Crippen LogP contribution is 2.23. The molecule has 3 aromatic carbocycles. The number of hydrogen-bond acceptors (Lipinski definition) is 7. The number of carbonyl (C=O) groups excluding carboxylic acids is 2. The highest BCUT2D eigenvalue weighted by Gasteiger charge is 2.20. The zero-order chi connectivity index (χ0) is 24.7. The molecule has 1 amide bonds. The van der Waals surface area contributed by atoms with Gasteiger partial charge in [0, 0.05) is 6.54 Å². The summed E-state index contributed by atoms with van der Waals surface area (Å²) in [6.45, 7) is 3.27.